The van der Waals surface area contributed by atoms with Gasteiger partial charge < -0.3 is 20.5 Å². The van der Waals surface area contributed by atoms with E-state index in [9.17, 15) is 4.79 Å². The summed E-state index contributed by atoms with van der Waals surface area (Å²) >= 11 is 0. The van der Waals surface area contributed by atoms with Crippen LogP contribution in [-0.4, -0.2) is 25.7 Å². The summed E-state index contributed by atoms with van der Waals surface area (Å²) in [5.74, 6) is 1.68. The van der Waals surface area contributed by atoms with Gasteiger partial charge in [-0.15, -0.1) is 12.4 Å². The van der Waals surface area contributed by atoms with Crippen molar-refractivity contribution in [2.75, 3.05) is 25.1 Å². The lowest BCUT2D eigenvalue weighted by molar-refractivity contribution is -0.116. The van der Waals surface area contributed by atoms with Crippen molar-refractivity contribution in [3.05, 3.63) is 53.6 Å². The first-order valence-electron chi connectivity index (χ1n) is 9.01. The Labute approximate surface area is 167 Å². The third-order valence-corrected chi connectivity index (χ3v) is 3.92. The number of nitrogens with one attached hydrogen (secondary N) is 1. The van der Waals surface area contributed by atoms with Gasteiger partial charge >= 0.3 is 0 Å². The number of benzene rings is 2. The molecule has 0 fully saturated rings. The molecule has 3 N–H and O–H groups in total. The summed E-state index contributed by atoms with van der Waals surface area (Å²) in [6, 6.07) is 13.5. The Morgan fingerprint density at radius 2 is 1.74 bits per heavy atom. The molecule has 27 heavy (non-hydrogen) atoms. The van der Waals surface area contributed by atoms with E-state index >= 15 is 0 Å². The van der Waals surface area contributed by atoms with E-state index in [-0.39, 0.29) is 18.3 Å². The van der Waals surface area contributed by atoms with Gasteiger partial charge in [-0.3, -0.25) is 4.79 Å². The van der Waals surface area contributed by atoms with Crippen molar-refractivity contribution >= 4 is 24.0 Å². The van der Waals surface area contributed by atoms with E-state index in [4.69, 9.17) is 15.2 Å². The molecular weight excluding hydrogens is 364 g/mol. The molecule has 2 rings (SSSR count). The van der Waals surface area contributed by atoms with Gasteiger partial charge in [-0.25, -0.2) is 0 Å². The van der Waals surface area contributed by atoms with Crippen LogP contribution in [0.5, 0.6) is 11.5 Å². The minimum atomic E-state index is 0. The van der Waals surface area contributed by atoms with Crippen LogP contribution in [-0.2, 0) is 4.79 Å². The van der Waals surface area contributed by atoms with Crippen molar-refractivity contribution < 1.29 is 14.3 Å². The molecule has 6 heteroatoms. The molecule has 2 aromatic carbocycles. The lowest BCUT2D eigenvalue weighted by Crippen LogP contribution is -2.12. The SMILES string of the molecule is Cc1ccc(C)c(OCCCCC(=O)Nc2ccc(OCCN)cc2)c1.Cl. The van der Waals surface area contributed by atoms with Gasteiger partial charge in [-0.1, -0.05) is 12.1 Å². The van der Waals surface area contributed by atoms with Gasteiger partial charge in [-0.2, -0.15) is 0 Å². The second-order valence-corrected chi connectivity index (χ2v) is 6.28. The maximum atomic E-state index is 12.0. The minimum Gasteiger partial charge on any atom is -0.493 e. The largest absolute Gasteiger partial charge is 0.493 e. The second kappa shape index (κ2) is 12.2. The Bertz CT molecular complexity index is 705. The summed E-state index contributed by atoms with van der Waals surface area (Å²) in [6.45, 7) is 5.66. The average Bonchev–Trinajstić information content (AvgIpc) is 2.63. The fourth-order valence-corrected chi connectivity index (χ4v) is 2.47. The molecule has 0 radical (unpaired) electrons. The molecule has 0 aliphatic carbocycles. The molecule has 1 amide bonds. The van der Waals surface area contributed by atoms with Crippen LogP contribution in [0.3, 0.4) is 0 Å². The summed E-state index contributed by atoms with van der Waals surface area (Å²) in [5.41, 5.74) is 8.48. The molecule has 0 saturated heterocycles. The topological polar surface area (TPSA) is 73.6 Å². The summed E-state index contributed by atoms with van der Waals surface area (Å²) in [4.78, 5) is 12.0. The number of amides is 1. The number of halogens is 1. The molecule has 148 valence electrons. The van der Waals surface area contributed by atoms with Gasteiger partial charge in [0, 0.05) is 18.7 Å². The van der Waals surface area contributed by atoms with Crippen LogP contribution >= 0.6 is 12.4 Å². The monoisotopic (exact) mass is 392 g/mol. The van der Waals surface area contributed by atoms with Crippen LogP contribution in [0.1, 0.15) is 30.4 Å². The average molecular weight is 393 g/mol. The first kappa shape index (κ1) is 22.8. The van der Waals surface area contributed by atoms with Crippen LogP contribution in [0, 0.1) is 13.8 Å². The fourth-order valence-electron chi connectivity index (χ4n) is 2.47. The molecule has 0 aliphatic rings. The van der Waals surface area contributed by atoms with E-state index in [0.717, 1.165) is 35.6 Å². The third-order valence-electron chi connectivity index (χ3n) is 3.92. The van der Waals surface area contributed by atoms with Crippen molar-refractivity contribution in [3.63, 3.8) is 0 Å². The highest BCUT2D eigenvalue weighted by Gasteiger charge is 2.04. The first-order chi connectivity index (χ1) is 12.6. The molecule has 0 spiro atoms. The number of anilines is 1. The van der Waals surface area contributed by atoms with Crippen LogP contribution in [0.2, 0.25) is 0 Å². The maximum Gasteiger partial charge on any atom is 0.224 e. The van der Waals surface area contributed by atoms with Gasteiger partial charge in [0.25, 0.3) is 0 Å². The molecule has 0 unspecified atom stereocenters. The van der Waals surface area contributed by atoms with Gasteiger partial charge in [0.15, 0.2) is 0 Å². The number of carbonyl (C=O) groups excluding carboxylic acids is 1. The predicted octanol–water partition coefficient (Wildman–Crippen LogP) is 4.25. The van der Waals surface area contributed by atoms with Crippen molar-refractivity contribution in [2.24, 2.45) is 5.73 Å². The number of hydrogen-bond acceptors (Lipinski definition) is 4. The van der Waals surface area contributed by atoms with Crippen LogP contribution in [0.15, 0.2) is 42.5 Å². The van der Waals surface area contributed by atoms with E-state index in [1.165, 1.54) is 5.56 Å². The Balaban J connectivity index is 0.00000364. The summed E-state index contributed by atoms with van der Waals surface area (Å²) in [7, 11) is 0. The first-order valence-corrected chi connectivity index (χ1v) is 9.01. The van der Waals surface area contributed by atoms with Gasteiger partial charge in [-0.05, 0) is 68.1 Å². The quantitative estimate of drug-likeness (QED) is 0.593. The highest BCUT2D eigenvalue weighted by Crippen LogP contribution is 2.19. The number of nitrogens with two attached hydrogens (primary N) is 1. The molecule has 0 aliphatic heterocycles. The number of hydrogen-bond donors (Lipinski definition) is 2. The molecule has 5 nitrogen and oxygen atoms in total. The Kier molecular flexibility index (Phi) is 10.3. The molecular formula is C21H29ClN2O3. The Hall–Kier alpha value is -2.24. The fraction of sp³-hybridized carbons (Fsp3) is 0.381. The molecule has 0 aromatic heterocycles. The van der Waals surface area contributed by atoms with E-state index < -0.39 is 0 Å². The molecule has 0 atom stereocenters. The van der Waals surface area contributed by atoms with Gasteiger partial charge in [0.2, 0.25) is 5.91 Å². The summed E-state index contributed by atoms with van der Waals surface area (Å²) in [6.07, 6.45) is 2.10. The lowest BCUT2D eigenvalue weighted by Gasteiger charge is -2.10. The molecule has 0 saturated carbocycles. The van der Waals surface area contributed by atoms with Crippen LogP contribution in [0.4, 0.5) is 5.69 Å². The molecule has 0 heterocycles. The molecule has 0 bridgehead atoms. The zero-order valence-corrected chi connectivity index (χ0v) is 16.8. The van der Waals surface area contributed by atoms with Crippen molar-refractivity contribution in [2.45, 2.75) is 33.1 Å². The van der Waals surface area contributed by atoms with Crippen LogP contribution < -0.4 is 20.5 Å². The van der Waals surface area contributed by atoms with Crippen LogP contribution in [0.25, 0.3) is 0 Å². The van der Waals surface area contributed by atoms with Crippen molar-refractivity contribution in [1.29, 1.82) is 0 Å². The Morgan fingerprint density at radius 3 is 2.44 bits per heavy atom. The van der Waals surface area contributed by atoms with E-state index in [1.54, 1.807) is 0 Å². The number of aryl methyl sites for hydroxylation is 2. The highest BCUT2D eigenvalue weighted by atomic mass is 35.5. The standard InChI is InChI=1S/C21H28N2O3.ClH/c1-16-6-7-17(2)20(15-16)26-13-4-3-5-21(24)23-18-8-10-19(11-9-18)25-14-12-22;/h6-11,15H,3-5,12-14,22H2,1-2H3,(H,23,24);1H. The lowest BCUT2D eigenvalue weighted by atomic mass is 10.1. The number of unbranched alkanes of at least 4 members (excludes halogenated alkanes) is 1. The zero-order valence-electron chi connectivity index (χ0n) is 16.0. The van der Waals surface area contributed by atoms with E-state index in [1.807, 2.05) is 44.2 Å². The summed E-state index contributed by atoms with van der Waals surface area (Å²) in [5, 5.41) is 2.89. The normalized spacial score (nSPS) is 10.0. The molecule has 2 aromatic rings. The number of ether oxygens (including phenoxy) is 2. The van der Waals surface area contributed by atoms with Gasteiger partial charge in [0.05, 0.1) is 6.61 Å². The summed E-state index contributed by atoms with van der Waals surface area (Å²) < 4.78 is 11.2. The number of carbonyl (C=O) groups is 1. The van der Waals surface area contributed by atoms with E-state index in [2.05, 4.69) is 17.4 Å². The van der Waals surface area contributed by atoms with E-state index in [0.29, 0.717) is 26.2 Å². The highest BCUT2D eigenvalue weighted by molar-refractivity contribution is 5.90. The third kappa shape index (κ3) is 8.33. The smallest absolute Gasteiger partial charge is 0.224 e. The minimum absolute atomic E-state index is 0. The maximum absolute atomic E-state index is 12.0. The second-order valence-electron chi connectivity index (χ2n) is 6.28. The predicted molar refractivity (Wildman–Crippen MR) is 112 cm³/mol. The zero-order chi connectivity index (χ0) is 18.8. The van der Waals surface area contributed by atoms with Crippen molar-refractivity contribution in [1.82, 2.24) is 0 Å². The number of rotatable bonds is 10. The van der Waals surface area contributed by atoms with Gasteiger partial charge in [0.1, 0.15) is 18.1 Å². The Morgan fingerprint density at radius 1 is 1.00 bits per heavy atom. The van der Waals surface area contributed by atoms with Crippen molar-refractivity contribution in [3.8, 4) is 11.5 Å².